The van der Waals surface area contributed by atoms with E-state index in [2.05, 4.69) is 10.4 Å². The Bertz CT molecular complexity index is 1350. The molecule has 1 fully saturated rings. The summed E-state index contributed by atoms with van der Waals surface area (Å²) < 4.78 is 15.4. The molecule has 3 aromatic rings. The summed E-state index contributed by atoms with van der Waals surface area (Å²) in [5, 5.41) is 7.19. The van der Waals surface area contributed by atoms with Gasteiger partial charge in [-0.1, -0.05) is 29.8 Å². The maximum absolute atomic E-state index is 14.1. The molecule has 1 aliphatic rings. The Hall–Kier alpha value is -3.79. The lowest BCUT2D eigenvalue weighted by molar-refractivity contribution is -0.137. The van der Waals surface area contributed by atoms with Crippen molar-refractivity contribution in [2.24, 2.45) is 5.73 Å². The van der Waals surface area contributed by atoms with Gasteiger partial charge in [-0.25, -0.2) is 4.39 Å². The second-order valence-corrected chi connectivity index (χ2v) is 8.81. The van der Waals surface area contributed by atoms with Crippen LogP contribution in [0.15, 0.2) is 36.4 Å². The van der Waals surface area contributed by atoms with E-state index in [-0.39, 0.29) is 53.6 Å². The number of halogens is 2. The van der Waals surface area contributed by atoms with Gasteiger partial charge < -0.3 is 16.0 Å². The normalized spacial score (nSPS) is 13.0. The molecule has 3 amide bonds. The van der Waals surface area contributed by atoms with E-state index in [1.165, 1.54) is 28.6 Å². The number of fused-ring (bicyclic) bond motifs is 1. The van der Waals surface area contributed by atoms with Gasteiger partial charge in [0.15, 0.2) is 11.5 Å². The van der Waals surface area contributed by atoms with Gasteiger partial charge in [-0.15, -0.1) is 0 Å². The van der Waals surface area contributed by atoms with Gasteiger partial charge in [-0.3, -0.25) is 23.9 Å². The van der Waals surface area contributed by atoms with Crippen molar-refractivity contribution in [1.29, 1.82) is 0 Å². The molecule has 0 atom stereocenters. The Labute approximate surface area is 205 Å². The summed E-state index contributed by atoms with van der Waals surface area (Å²) in [6.07, 6.45) is 1.51. The van der Waals surface area contributed by atoms with Crippen LogP contribution in [0.5, 0.6) is 0 Å². The summed E-state index contributed by atoms with van der Waals surface area (Å²) in [6, 6.07) is 9.10. The number of aromatic nitrogens is 2. The number of benzene rings is 2. The number of Topliss-reactive ketones (excluding diaryl/α,β-unsaturated/α-hetero) is 1. The van der Waals surface area contributed by atoms with Crippen molar-refractivity contribution in [3.63, 3.8) is 0 Å². The summed E-state index contributed by atoms with van der Waals surface area (Å²) in [7, 11) is 0. The molecule has 0 spiro atoms. The SMILES string of the molecule is CC(=O)c1ccc2c(C(N)=O)nn(CC(=O)N(CC(=O)NCc3cccc(Cl)c3F)C3CC3)c2c1. The Morgan fingerprint density at radius 3 is 2.63 bits per heavy atom. The first kappa shape index (κ1) is 24.3. The number of hydrogen-bond acceptors (Lipinski definition) is 5. The predicted molar refractivity (Wildman–Crippen MR) is 126 cm³/mol. The Kier molecular flexibility index (Phi) is 6.83. The standard InChI is InChI=1S/C24H23ClFN5O4/c1-13(32)14-5-8-17-19(9-14)31(29-23(17)24(27)35)12-21(34)30(16-6-7-16)11-20(33)28-10-15-3-2-4-18(25)22(15)26/h2-5,8-9,16H,6-7,10-12H2,1H3,(H2,27,35)(H,28,33). The molecule has 9 nitrogen and oxygen atoms in total. The molecular weight excluding hydrogens is 477 g/mol. The first-order chi connectivity index (χ1) is 16.7. The molecule has 2 aromatic carbocycles. The van der Waals surface area contributed by atoms with Crippen LogP contribution in [0, 0.1) is 5.82 Å². The van der Waals surface area contributed by atoms with E-state index in [4.69, 9.17) is 17.3 Å². The number of ketones is 1. The largest absolute Gasteiger partial charge is 0.364 e. The fourth-order valence-electron chi connectivity index (χ4n) is 3.81. The smallest absolute Gasteiger partial charge is 0.269 e. The van der Waals surface area contributed by atoms with Crippen LogP contribution in [-0.4, -0.2) is 50.8 Å². The Morgan fingerprint density at radius 2 is 1.97 bits per heavy atom. The minimum Gasteiger partial charge on any atom is -0.364 e. The lowest BCUT2D eigenvalue weighted by Crippen LogP contribution is -2.43. The number of nitrogens with zero attached hydrogens (tertiary/aromatic N) is 3. The molecule has 0 unspecified atom stereocenters. The van der Waals surface area contributed by atoms with Gasteiger partial charge in [0.25, 0.3) is 5.91 Å². The topological polar surface area (TPSA) is 127 Å². The van der Waals surface area contributed by atoms with Crippen LogP contribution in [0.25, 0.3) is 10.9 Å². The number of primary amides is 1. The fourth-order valence-corrected chi connectivity index (χ4v) is 4.00. The van der Waals surface area contributed by atoms with Crippen molar-refractivity contribution in [3.8, 4) is 0 Å². The van der Waals surface area contributed by atoms with E-state index in [1.807, 2.05) is 0 Å². The number of nitrogens with one attached hydrogen (secondary N) is 1. The highest BCUT2D eigenvalue weighted by molar-refractivity contribution is 6.30. The van der Waals surface area contributed by atoms with Gasteiger partial charge in [0.1, 0.15) is 12.4 Å². The van der Waals surface area contributed by atoms with Gasteiger partial charge >= 0.3 is 0 Å². The molecule has 0 bridgehead atoms. The zero-order chi connectivity index (χ0) is 25.3. The van der Waals surface area contributed by atoms with E-state index in [1.54, 1.807) is 24.3 Å². The first-order valence-electron chi connectivity index (χ1n) is 11.0. The molecule has 35 heavy (non-hydrogen) atoms. The third-order valence-electron chi connectivity index (χ3n) is 5.81. The van der Waals surface area contributed by atoms with Gasteiger partial charge in [-0.05, 0) is 38.0 Å². The quantitative estimate of drug-likeness (QED) is 0.437. The maximum Gasteiger partial charge on any atom is 0.269 e. The molecule has 0 aliphatic heterocycles. The van der Waals surface area contributed by atoms with Crippen molar-refractivity contribution >= 4 is 46.0 Å². The van der Waals surface area contributed by atoms with Crippen molar-refractivity contribution < 1.29 is 23.6 Å². The van der Waals surface area contributed by atoms with E-state index < -0.39 is 17.6 Å². The molecule has 1 saturated carbocycles. The predicted octanol–water partition coefficient (Wildman–Crippen LogP) is 2.44. The van der Waals surface area contributed by atoms with E-state index in [9.17, 15) is 23.6 Å². The van der Waals surface area contributed by atoms with Crippen LogP contribution < -0.4 is 11.1 Å². The highest BCUT2D eigenvalue weighted by Gasteiger charge is 2.34. The zero-order valence-electron chi connectivity index (χ0n) is 18.9. The molecule has 0 radical (unpaired) electrons. The minimum absolute atomic E-state index is 0.0119. The lowest BCUT2D eigenvalue weighted by Gasteiger charge is -2.22. The number of nitrogens with two attached hydrogens (primary N) is 1. The number of rotatable bonds is 9. The van der Waals surface area contributed by atoms with Crippen LogP contribution in [0.2, 0.25) is 5.02 Å². The number of amides is 3. The van der Waals surface area contributed by atoms with E-state index >= 15 is 0 Å². The summed E-state index contributed by atoms with van der Waals surface area (Å²) in [4.78, 5) is 50.8. The molecule has 1 aliphatic carbocycles. The molecule has 182 valence electrons. The van der Waals surface area contributed by atoms with E-state index in [0.717, 1.165) is 12.8 Å². The lowest BCUT2D eigenvalue weighted by atomic mass is 10.1. The van der Waals surface area contributed by atoms with Crippen molar-refractivity contribution in [3.05, 3.63) is 64.1 Å². The summed E-state index contributed by atoms with van der Waals surface area (Å²) in [5.41, 5.74) is 6.48. The second kappa shape index (κ2) is 9.83. The van der Waals surface area contributed by atoms with Gasteiger partial charge in [0, 0.05) is 29.1 Å². The average molecular weight is 500 g/mol. The second-order valence-electron chi connectivity index (χ2n) is 8.40. The van der Waals surface area contributed by atoms with Crippen molar-refractivity contribution in [2.75, 3.05) is 6.54 Å². The third-order valence-corrected chi connectivity index (χ3v) is 6.10. The summed E-state index contributed by atoms with van der Waals surface area (Å²) in [5.74, 6) is -2.38. The molecule has 4 rings (SSSR count). The van der Waals surface area contributed by atoms with Crippen LogP contribution in [0.1, 0.15) is 46.2 Å². The van der Waals surface area contributed by atoms with Crippen LogP contribution in [0.4, 0.5) is 4.39 Å². The first-order valence-corrected chi connectivity index (χ1v) is 11.3. The minimum atomic E-state index is -0.761. The zero-order valence-corrected chi connectivity index (χ0v) is 19.6. The van der Waals surface area contributed by atoms with Crippen LogP contribution >= 0.6 is 11.6 Å². The summed E-state index contributed by atoms with van der Waals surface area (Å²) in [6.45, 7) is 0.867. The fraction of sp³-hybridized carbons (Fsp3) is 0.292. The van der Waals surface area contributed by atoms with Crippen molar-refractivity contribution in [1.82, 2.24) is 20.0 Å². The van der Waals surface area contributed by atoms with Gasteiger partial charge in [0.05, 0.1) is 17.1 Å². The molecule has 11 heteroatoms. The van der Waals surface area contributed by atoms with E-state index in [0.29, 0.717) is 16.5 Å². The Balaban J connectivity index is 1.50. The number of hydrogen-bond donors (Lipinski definition) is 2. The third kappa shape index (κ3) is 5.32. The molecular formula is C24H23ClFN5O4. The monoisotopic (exact) mass is 499 g/mol. The molecule has 1 heterocycles. The Morgan fingerprint density at radius 1 is 1.23 bits per heavy atom. The van der Waals surface area contributed by atoms with Gasteiger partial charge in [-0.2, -0.15) is 5.10 Å². The molecule has 1 aromatic heterocycles. The maximum atomic E-state index is 14.1. The summed E-state index contributed by atoms with van der Waals surface area (Å²) >= 11 is 5.78. The highest BCUT2D eigenvalue weighted by atomic mass is 35.5. The van der Waals surface area contributed by atoms with Crippen LogP contribution in [0.3, 0.4) is 0 Å². The average Bonchev–Trinajstić information content (AvgIpc) is 3.59. The number of carbonyl (C=O) groups is 4. The molecule has 3 N–H and O–H groups in total. The number of carbonyl (C=O) groups excluding carboxylic acids is 4. The van der Waals surface area contributed by atoms with Crippen LogP contribution in [-0.2, 0) is 22.7 Å². The molecule has 0 saturated heterocycles. The van der Waals surface area contributed by atoms with Crippen molar-refractivity contribution in [2.45, 2.75) is 38.9 Å². The van der Waals surface area contributed by atoms with Gasteiger partial charge in [0.2, 0.25) is 11.8 Å². The highest BCUT2D eigenvalue weighted by Crippen LogP contribution is 2.28.